The summed E-state index contributed by atoms with van der Waals surface area (Å²) in [4.78, 5) is 12.1. The van der Waals surface area contributed by atoms with E-state index in [-0.39, 0.29) is 23.7 Å². The number of nitrogens with one attached hydrogen (secondary N) is 4. The van der Waals surface area contributed by atoms with Crippen LogP contribution in [0.5, 0.6) is 0 Å². The van der Waals surface area contributed by atoms with Gasteiger partial charge in [-0.05, 0) is 50.9 Å². The molecule has 1 aliphatic heterocycles. The molecule has 1 atom stereocenters. The average molecular weight is 337 g/mol. The number of hydrogen-bond donors (Lipinski definition) is 5. The van der Waals surface area contributed by atoms with Crippen molar-refractivity contribution < 1.29 is 9.18 Å². The number of amides is 1. The Morgan fingerprint density at radius 2 is 2.12 bits per heavy atom. The third-order valence-electron chi connectivity index (χ3n) is 4.49. The lowest BCUT2D eigenvalue weighted by Gasteiger charge is -2.23. The van der Waals surface area contributed by atoms with E-state index < -0.39 is 0 Å². The fraction of sp³-hybridized carbons (Fsp3) is 0.588. The van der Waals surface area contributed by atoms with E-state index in [1.165, 1.54) is 12.1 Å². The van der Waals surface area contributed by atoms with E-state index in [1.54, 1.807) is 6.07 Å². The molecule has 134 valence electrons. The molecule has 0 bridgehead atoms. The van der Waals surface area contributed by atoms with Gasteiger partial charge in [0.05, 0.1) is 11.4 Å². The van der Waals surface area contributed by atoms with Crippen molar-refractivity contribution in [2.24, 2.45) is 11.8 Å². The molecular formula is C17H28FN5O. The smallest absolute Gasteiger partial charge is 0.223 e. The number of nitrogens with two attached hydrogens (primary N) is 1. The van der Waals surface area contributed by atoms with Gasteiger partial charge in [-0.1, -0.05) is 6.92 Å². The van der Waals surface area contributed by atoms with E-state index in [2.05, 4.69) is 28.3 Å². The summed E-state index contributed by atoms with van der Waals surface area (Å²) < 4.78 is 13.2. The van der Waals surface area contributed by atoms with Gasteiger partial charge in [-0.25, -0.2) is 4.39 Å². The molecular weight excluding hydrogens is 309 g/mol. The van der Waals surface area contributed by atoms with Gasteiger partial charge in [-0.15, -0.1) is 0 Å². The van der Waals surface area contributed by atoms with Gasteiger partial charge in [0.1, 0.15) is 5.82 Å². The van der Waals surface area contributed by atoms with Crippen molar-refractivity contribution in [3.63, 3.8) is 0 Å². The quantitative estimate of drug-likeness (QED) is 0.369. The zero-order chi connectivity index (χ0) is 17.4. The summed E-state index contributed by atoms with van der Waals surface area (Å²) in [5.74, 6) is 5.38. The second-order valence-electron chi connectivity index (χ2n) is 6.19. The zero-order valence-corrected chi connectivity index (χ0v) is 14.2. The Bertz CT molecular complexity index is 534. The summed E-state index contributed by atoms with van der Waals surface area (Å²) in [6, 6.07) is 4.60. The summed E-state index contributed by atoms with van der Waals surface area (Å²) in [5.41, 5.74) is 3.79. The van der Waals surface area contributed by atoms with Crippen LogP contribution in [0.2, 0.25) is 0 Å². The van der Waals surface area contributed by atoms with Crippen molar-refractivity contribution in [1.82, 2.24) is 10.6 Å². The van der Waals surface area contributed by atoms with Crippen LogP contribution < -0.4 is 27.2 Å². The SMILES string of the molecule is CCC(CCNC(=O)C1CCNCC1)Nc1ccc(F)cc1NN. The van der Waals surface area contributed by atoms with Gasteiger partial charge in [0.2, 0.25) is 5.91 Å². The lowest BCUT2D eigenvalue weighted by Crippen LogP contribution is -2.39. The first-order valence-electron chi connectivity index (χ1n) is 8.65. The molecule has 6 nitrogen and oxygen atoms in total. The molecule has 1 saturated heterocycles. The number of piperidine rings is 1. The lowest BCUT2D eigenvalue weighted by atomic mass is 9.97. The minimum absolute atomic E-state index is 0.129. The van der Waals surface area contributed by atoms with Gasteiger partial charge in [0.15, 0.2) is 0 Å². The van der Waals surface area contributed by atoms with E-state index >= 15 is 0 Å². The maximum absolute atomic E-state index is 13.2. The normalized spacial score (nSPS) is 16.5. The van der Waals surface area contributed by atoms with Crippen LogP contribution >= 0.6 is 0 Å². The zero-order valence-electron chi connectivity index (χ0n) is 14.2. The standard InChI is InChI=1S/C17H28FN5O/c1-2-14(22-15-4-3-13(18)11-16(15)23-19)7-10-21-17(24)12-5-8-20-9-6-12/h3-4,11-12,14,20,22-23H,2,5-10,19H2,1H3,(H,21,24). The molecule has 0 aromatic heterocycles. The van der Waals surface area contributed by atoms with Crippen molar-refractivity contribution in [2.75, 3.05) is 30.4 Å². The summed E-state index contributed by atoms with van der Waals surface area (Å²) in [5, 5.41) is 9.65. The second kappa shape index (κ2) is 9.44. The van der Waals surface area contributed by atoms with Crippen molar-refractivity contribution >= 4 is 17.3 Å². The number of hydrazine groups is 1. The molecule has 2 rings (SSSR count). The van der Waals surface area contributed by atoms with Crippen LogP contribution in [0.3, 0.4) is 0 Å². The third-order valence-corrected chi connectivity index (χ3v) is 4.49. The highest BCUT2D eigenvalue weighted by Gasteiger charge is 2.20. The highest BCUT2D eigenvalue weighted by Crippen LogP contribution is 2.23. The number of hydrogen-bond acceptors (Lipinski definition) is 5. The van der Waals surface area contributed by atoms with E-state index in [4.69, 9.17) is 5.84 Å². The third kappa shape index (κ3) is 5.35. The van der Waals surface area contributed by atoms with Gasteiger partial charge in [-0.2, -0.15) is 0 Å². The molecule has 1 aromatic carbocycles. The number of rotatable bonds is 8. The topological polar surface area (TPSA) is 91.2 Å². The van der Waals surface area contributed by atoms with Gasteiger partial charge in [-0.3, -0.25) is 10.6 Å². The Labute approximate surface area is 142 Å². The van der Waals surface area contributed by atoms with E-state index in [0.29, 0.717) is 12.2 Å². The average Bonchev–Trinajstić information content (AvgIpc) is 2.62. The molecule has 0 aliphatic carbocycles. The minimum Gasteiger partial charge on any atom is -0.381 e. The van der Waals surface area contributed by atoms with Gasteiger partial charge in [0.25, 0.3) is 0 Å². The maximum atomic E-state index is 13.2. The van der Waals surface area contributed by atoms with Crippen molar-refractivity contribution in [3.8, 4) is 0 Å². The van der Waals surface area contributed by atoms with E-state index in [1.807, 2.05) is 0 Å². The Morgan fingerprint density at radius 1 is 1.38 bits per heavy atom. The molecule has 0 spiro atoms. The number of halogens is 1. The number of anilines is 2. The number of carbonyl (C=O) groups is 1. The van der Waals surface area contributed by atoms with Crippen LogP contribution in [0.25, 0.3) is 0 Å². The van der Waals surface area contributed by atoms with Crippen molar-refractivity contribution in [1.29, 1.82) is 0 Å². The van der Waals surface area contributed by atoms with Crippen LogP contribution in [0.4, 0.5) is 15.8 Å². The van der Waals surface area contributed by atoms with Crippen LogP contribution in [0.15, 0.2) is 18.2 Å². The first-order chi connectivity index (χ1) is 11.6. The molecule has 1 heterocycles. The van der Waals surface area contributed by atoms with Crippen molar-refractivity contribution in [3.05, 3.63) is 24.0 Å². The van der Waals surface area contributed by atoms with Crippen molar-refractivity contribution in [2.45, 2.75) is 38.6 Å². The molecule has 1 aromatic rings. The number of benzene rings is 1. The molecule has 24 heavy (non-hydrogen) atoms. The molecule has 0 radical (unpaired) electrons. The lowest BCUT2D eigenvalue weighted by molar-refractivity contribution is -0.125. The Morgan fingerprint density at radius 3 is 2.79 bits per heavy atom. The predicted octanol–water partition coefficient (Wildman–Crippen LogP) is 1.81. The van der Waals surface area contributed by atoms with E-state index in [0.717, 1.165) is 44.5 Å². The molecule has 1 aliphatic rings. The van der Waals surface area contributed by atoms with Crippen LogP contribution in [0.1, 0.15) is 32.6 Å². The fourth-order valence-electron chi connectivity index (χ4n) is 2.96. The first kappa shape index (κ1) is 18.5. The molecule has 1 amide bonds. The summed E-state index contributed by atoms with van der Waals surface area (Å²) in [6.07, 6.45) is 3.50. The number of nitrogen functional groups attached to an aromatic ring is 1. The number of carbonyl (C=O) groups excluding carboxylic acids is 1. The van der Waals surface area contributed by atoms with Crippen LogP contribution in [-0.2, 0) is 4.79 Å². The Kier molecular flexibility index (Phi) is 7.27. The Hall–Kier alpha value is -1.86. The molecule has 1 fully saturated rings. The fourth-order valence-corrected chi connectivity index (χ4v) is 2.96. The molecule has 7 heteroatoms. The minimum atomic E-state index is -0.337. The predicted molar refractivity (Wildman–Crippen MR) is 95.1 cm³/mol. The molecule has 0 saturated carbocycles. The largest absolute Gasteiger partial charge is 0.381 e. The maximum Gasteiger partial charge on any atom is 0.223 e. The van der Waals surface area contributed by atoms with Gasteiger partial charge in [0, 0.05) is 24.6 Å². The van der Waals surface area contributed by atoms with Gasteiger partial charge < -0.3 is 21.4 Å². The molecule has 1 unspecified atom stereocenters. The highest BCUT2D eigenvalue weighted by molar-refractivity contribution is 5.78. The van der Waals surface area contributed by atoms with E-state index in [9.17, 15) is 9.18 Å². The Balaban J connectivity index is 1.80. The second-order valence-corrected chi connectivity index (χ2v) is 6.19. The van der Waals surface area contributed by atoms with Gasteiger partial charge >= 0.3 is 0 Å². The molecule has 6 N–H and O–H groups in total. The first-order valence-corrected chi connectivity index (χ1v) is 8.65. The summed E-state index contributed by atoms with van der Waals surface area (Å²) >= 11 is 0. The van der Waals surface area contributed by atoms with Crippen LogP contribution in [0, 0.1) is 11.7 Å². The highest BCUT2D eigenvalue weighted by atomic mass is 19.1. The monoisotopic (exact) mass is 337 g/mol. The van der Waals surface area contributed by atoms with Crippen LogP contribution in [-0.4, -0.2) is 31.6 Å². The summed E-state index contributed by atoms with van der Waals surface area (Å²) in [6.45, 7) is 4.53. The summed E-state index contributed by atoms with van der Waals surface area (Å²) in [7, 11) is 0.